The number of aliphatic imine (C=N–C) groups is 1. The zero-order valence-electron chi connectivity index (χ0n) is 16.6. The predicted octanol–water partition coefficient (Wildman–Crippen LogP) is 3.19. The van der Waals surface area contributed by atoms with Crippen LogP contribution in [0.2, 0.25) is 5.02 Å². The molecule has 0 atom stereocenters. The van der Waals surface area contributed by atoms with Crippen LogP contribution in [0.1, 0.15) is 44.1 Å². The fourth-order valence-corrected chi connectivity index (χ4v) is 4.45. The zero-order valence-corrected chi connectivity index (χ0v) is 17.4. The number of rotatable bonds is 6. The number of hydrogen-bond acceptors (Lipinski definition) is 2. The molecule has 0 aliphatic heterocycles. The number of hydrogen-bond donors (Lipinski definition) is 2. The number of carbonyl (C=O) groups excluding carboxylic acids is 1. The Morgan fingerprint density at radius 3 is 2.37 bits per heavy atom. The number of nitrogens with zero attached hydrogens (tertiary/aromatic N) is 2. The van der Waals surface area contributed by atoms with Gasteiger partial charge >= 0.3 is 0 Å². The molecule has 2 aliphatic carbocycles. The summed E-state index contributed by atoms with van der Waals surface area (Å²) in [5.41, 5.74) is 1.13. The fraction of sp³-hybridized carbons (Fsp3) is 0.619. The number of guanidine groups is 1. The van der Waals surface area contributed by atoms with Crippen molar-refractivity contribution in [2.75, 3.05) is 34.2 Å². The SMILES string of the molecule is CN=C(NCC1(C(=O)N(C)C)CCCC1)NCC1(c2cccc(Cl)c2)CC1. The van der Waals surface area contributed by atoms with E-state index in [1.54, 1.807) is 11.9 Å². The van der Waals surface area contributed by atoms with E-state index in [1.165, 1.54) is 5.56 Å². The van der Waals surface area contributed by atoms with E-state index in [0.29, 0.717) is 6.54 Å². The summed E-state index contributed by atoms with van der Waals surface area (Å²) in [6.07, 6.45) is 6.43. The molecule has 0 unspecified atom stereocenters. The van der Waals surface area contributed by atoms with E-state index in [2.05, 4.69) is 27.8 Å². The molecule has 1 amide bonds. The summed E-state index contributed by atoms with van der Waals surface area (Å²) in [5, 5.41) is 7.67. The van der Waals surface area contributed by atoms with Gasteiger partial charge < -0.3 is 15.5 Å². The molecule has 0 bridgehead atoms. The summed E-state index contributed by atoms with van der Waals surface area (Å²) >= 11 is 6.17. The van der Waals surface area contributed by atoms with E-state index in [-0.39, 0.29) is 16.7 Å². The smallest absolute Gasteiger partial charge is 0.230 e. The topological polar surface area (TPSA) is 56.7 Å². The highest BCUT2D eigenvalue weighted by molar-refractivity contribution is 6.30. The molecule has 27 heavy (non-hydrogen) atoms. The predicted molar refractivity (Wildman–Crippen MR) is 111 cm³/mol. The van der Waals surface area contributed by atoms with Crippen molar-refractivity contribution in [3.8, 4) is 0 Å². The van der Waals surface area contributed by atoms with Crippen molar-refractivity contribution in [3.63, 3.8) is 0 Å². The highest BCUT2D eigenvalue weighted by Gasteiger charge is 2.45. The van der Waals surface area contributed by atoms with Crippen LogP contribution in [0, 0.1) is 5.41 Å². The van der Waals surface area contributed by atoms with Crippen LogP contribution in [0.25, 0.3) is 0 Å². The van der Waals surface area contributed by atoms with Crippen molar-refractivity contribution in [1.29, 1.82) is 0 Å². The lowest BCUT2D eigenvalue weighted by molar-refractivity contribution is -0.138. The molecule has 148 valence electrons. The van der Waals surface area contributed by atoms with Gasteiger partial charge in [0.2, 0.25) is 5.91 Å². The first-order chi connectivity index (χ1) is 12.9. The average Bonchev–Trinajstić information content (AvgIpc) is 3.30. The van der Waals surface area contributed by atoms with E-state index in [0.717, 1.165) is 56.1 Å². The maximum absolute atomic E-state index is 12.7. The Morgan fingerprint density at radius 1 is 1.15 bits per heavy atom. The van der Waals surface area contributed by atoms with Gasteiger partial charge in [-0.05, 0) is 43.4 Å². The lowest BCUT2D eigenvalue weighted by Crippen LogP contribution is -2.50. The Balaban J connectivity index is 1.59. The second kappa shape index (κ2) is 8.09. The molecular formula is C21H31ClN4O. The van der Waals surface area contributed by atoms with Crippen molar-refractivity contribution in [2.45, 2.75) is 43.9 Å². The van der Waals surface area contributed by atoms with Gasteiger partial charge in [-0.3, -0.25) is 9.79 Å². The molecule has 3 rings (SSSR count). The Labute approximate surface area is 167 Å². The van der Waals surface area contributed by atoms with Crippen molar-refractivity contribution in [3.05, 3.63) is 34.9 Å². The maximum Gasteiger partial charge on any atom is 0.230 e. The fourth-order valence-electron chi connectivity index (χ4n) is 4.26. The number of carbonyl (C=O) groups is 1. The van der Waals surface area contributed by atoms with Crippen molar-refractivity contribution >= 4 is 23.5 Å². The summed E-state index contributed by atoms with van der Waals surface area (Å²) in [4.78, 5) is 18.8. The Morgan fingerprint density at radius 2 is 1.81 bits per heavy atom. The molecule has 0 saturated heterocycles. The Hall–Kier alpha value is -1.75. The van der Waals surface area contributed by atoms with Gasteiger partial charge in [0, 0.05) is 44.7 Å². The minimum Gasteiger partial charge on any atom is -0.356 e. The highest BCUT2D eigenvalue weighted by Crippen LogP contribution is 2.48. The van der Waals surface area contributed by atoms with E-state index >= 15 is 0 Å². The van der Waals surface area contributed by atoms with E-state index < -0.39 is 0 Å². The quantitative estimate of drug-likeness (QED) is 0.579. The lowest BCUT2D eigenvalue weighted by Gasteiger charge is -2.31. The number of nitrogens with one attached hydrogen (secondary N) is 2. The third-order valence-electron chi connectivity index (χ3n) is 6.12. The first kappa shape index (κ1) is 20.0. The van der Waals surface area contributed by atoms with E-state index in [1.807, 2.05) is 26.2 Å². The van der Waals surface area contributed by atoms with Crippen LogP contribution in [0.5, 0.6) is 0 Å². The first-order valence-corrected chi connectivity index (χ1v) is 10.2. The van der Waals surface area contributed by atoms with Gasteiger partial charge in [0.15, 0.2) is 5.96 Å². The first-order valence-electron chi connectivity index (χ1n) is 9.83. The van der Waals surface area contributed by atoms with Crippen LogP contribution in [0.3, 0.4) is 0 Å². The molecule has 6 heteroatoms. The molecule has 0 radical (unpaired) electrons. The second-order valence-electron chi connectivity index (χ2n) is 8.26. The minimum absolute atomic E-state index is 0.146. The van der Waals surface area contributed by atoms with Gasteiger partial charge in [-0.15, -0.1) is 0 Å². The average molecular weight is 391 g/mol. The maximum atomic E-state index is 12.7. The monoisotopic (exact) mass is 390 g/mol. The largest absolute Gasteiger partial charge is 0.356 e. The summed E-state index contributed by atoms with van der Waals surface area (Å²) in [6, 6.07) is 8.15. The van der Waals surface area contributed by atoms with E-state index in [9.17, 15) is 4.79 Å². The molecule has 0 spiro atoms. The van der Waals surface area contributed by atoms with E-state index in [4.69, 9.17) is 11.6 Å². The molecule has 0 aromatic heterocycles. The van der Waals surface area contributed by atoms with Crippen molar-refractivity contribution in [1.82, 2.24) is 15.5 Å². The summed E-state index contributed by atoms with van der Waals surface area (Å²) in [7, 11) is 5.47. The van der Waals surface area contributed by atoms with Gasteiger partial charge in [0.25, 0.3) is 0 Å². The van der Waals surface area contributed by atoms with Crippen LogP contribution in [0.15, 0.2) is 29.3 Å². The lowest BCUT2D eigenvalue weighted by atomic mass is 9.84. The third kappa shape index (κ3) is 4.40. The minimum atomic E-state index is -0.300. The highest BCUT2D eigenvalue weighted by atomic mass is 35.5. The van der Waals surface area contributed by atoms with Crippen LogP contribution in [0.4, 0.5) is 0 Å². The molecule has 2 aliphatic rings. The van der Waals surface area contributed by atoms with Gasteiger partial charge in [-0.25, -0.2) is 0 Å². The number of amides is 1. The van der Waals surface area contributed by atoms with Crippen LogP contribution in [-0.2, 0) is 10.2 Å². The summed E-state index contributed by atoms with van der Waals surface area (Å²) < 4.78 is 0. The molecule has 5 nitrogen and oxygen atoms in total. The molecule has 1 aromatic carbocycles. The third-order valence-corrected chi connectivity index (χ3v) is 6.36. The molecule has 2 saturated carbocycles. The summed E-state index contributed by atoms with van der Waals surface area (Å²) in [6.45, 7) is 1.45. The normalized spacial score (nSPS) is 20.2. The molecule has 0 heterocycles. The van der Waals surface area contributed by atoms with Crippen LogP contribution >= 0.6 is 11.6 Å². The van der Waals surface area contributed by atoms with Gasteiger partial charge in [-0.2, -0.15) is 0 Å². The van der Waals surface area contributed by atoms with Crippen LogP contribution < -0.4 is 10.6 Å². The van der Waals surface area contributed by atoms with Gasteiger partial charge in [0.1, 0.15) is 0 Å². The Kier molecular flexibility index (Phi) is 5.99. The molecule has 2 fully saturated rings. The van der Waals surface area contributed by atoms with Gasteiger partial charge in [0.05, 0.1) is 5.41 Å². The second-order valence-corrected chi connectivity index (χ2v) is 8.69. The Bertz CT molecular complexity index is 706. The number of halogens is 1. The van der Waals surface area contributed by atoms with Gasteiger partial charge in [-0.1, -0.05) is 36.6 Å². The summed E-state index contributed by atoms with van der Waals surface area (Å²) in [5.74, 6) is 0.988. The zero-order chi connectivity index (χ0) is 19.5. The van der Waals surface area contributed by atoms with Crippen molar-refractivity contribution < 1.29 is 4.79 Å². The molecular weight excluding hydrogens is 360 g/mol. The van der Waals surface area contributed by atoms with Crippen LogP contribution in [-0.4, -0.2) is 51.0 Å². The number of benzene rings is 1. The standard InChI is InChI=1S/C21H31ClN4O/c1-23-19(25-15-21(9-4-5-10-21)18(27)26(2)3)24-14-20(11-12-20)16-7-6-8-17(22)13-16/h6-8,13H,4-5,9-12,14-15H2,1-3H3,(H2,23,24,25). The molecule has 1 aromatic rings. The van der Waals surface area contributed by atoms with Crippen molar-refractivity contribution in [2.24, 2.45) is 10.4 Å². The molecule has 2 N–H and O–H groups in total.